The molecule has 0 unspecified atom stereocenters. The highest BCUT2D eigenvalue weighted by Gasteiger charge is 2.51. The fraction of sp³-hybridized carbons (Fsp3) is 0.200. The summed E-state index contributed by atoms with van der Waals surface area (Å²) in [6.45, 7) is 8.41. The van der Waals surface area contributed by atoms with E-state index in [1.54, 1.807) is 0 Å². The molecule has 1 aliphatic heterocycles. The molecule has 1 saturated heterocycles. The molecule has 5 aromatic carbocycles. The first-order valence-corrected chi connectivity index (χ1v) is 12.7. The quantitative estimate of drug-likeness (QED) is 0.184. The molecule has 1 aromatic heterocycles. The Kier molecular flexibility index (Phi) is 4.10. The summed E-state index contributed by atoms with van der Waals surface area (Å²) in [6, 6.07) is 29.0. The van der Waals surface area contributed by atoms with Crippen molar-refractivity contribution in [1.82, 2.24) is 0 Å². The molecule has 0 bridgehead atoms. The average Bonchev–Trinajstić information content (AvgIpc) is 3.29. The van der Waals surface area contributed by atoms with Gasteiger partial charge in [0.25, 0.3) is 0 Å². The Morgan fingerprint density at radius 3 is 1.62 bits per heavy atom. The third kappa shape index (κ3) is 2.77. The van der Waals surface area contributed by atoms with Gasteiger partial charge in [0.1, 0.15) is 0 Å². The SMILES string of the molecule is CC1(C)OB(c2ccc3c(c2)sc2cc4c5ccccc5c5ccccc5c4cc23)OC1(C)C. The van der Waals surface area contributed by atoms with Crippen molar-refractivity contribution in [2.24, 2.45) is 0 Å². The normalized spacial score (nSPS) is 17.6. The average molecular weight is 460 g/mol. The third-order valence-corrected chi connectivity index (χ3v) is 9.00. The first-order chi connectivity index (χ1) is 16.3. The van der Waals surface area contributed by atoms with Gasteiger partial charge in [-0.2, -0.15) is 0 Å². The predicted octanol–water partition coefficient (Wildman–Crippen LogP) is 7.81. The molecule has 166 valence electrons. The minimum absolute atomic E-state index is 0.341. The van der Waals surface area contributed by atoms with Crippen LogP contribution in [0.5, 0.6) is 0 Å². The van der Waals surface area contributed by atoms with E-state index >= 15 is 0 Å². The summed E-state index contributed by atoms with van der Waals surface area (Å²) in [4.78, 5) is 0. The topological polar surface area (TPSA) is 18.5 Å². The third-order valence-electron chi connectivity index (χ3n) is 7.89. The highest BCUT2D eigenvalue weighted by Crippen LogP contribution is 2.42. The number of rotatable bonds is 1. The molecule has 2 nitrogen and oxygen atoms in total. The van der Waals surface area contributed by atoms with E-state index in [-0.39, 0.29) is 18.3 Å². The van der Waals surface area contributed by atoms with Crippen LogP contribution in [0.3, 0.4) is 0 Å². The Morgan fingerprint density at radius 2 is 1.03 bits per heavy atom. The minimum Gasteiger partial charge on any atom is -0.399 e. The van der Waals surface area contributed by atoms with Crippen LogP contribution in [0, 0.1) is 0 Å². The maximum atomic E-state index is 6.31. The van der Waals surface area contributed by atoms with E-state index < -0.39 is 0 Å². The van der Waals surface area contributed by atoms with E-state index in [0.717, 1.165) is 5.46 Å². The van der Waals surface area contributed by atoms with Gasteiger partial charge in [-0.05, 0) is 83.7 Å². The van der Waals surface area contributed by atoms with Gasteiger partial charge in [-0.15, -0.1) is 11.3 Å². The highest BCUT2D eigenvalue weighted by molar-refractivity contribution is 7.26. The largest absolute Gasteiger partial charge is 0.494 e. The summed E-state index contributed by atoms with van der Waals surface area (Å²) in [5, 5.41) is 10.5. The first-order valence-electron chi connectivity index (χ1n) is 11.9. The van der Waals surface area contributed by atoms with Crippen molar-refractivity contribution in [3.05, 3.63) is 78.9 Å². The number of hydrogen-bond acceptors (Lipinski definition) is 3. The molecule has 6 aromatic rings. The van der Waals surface area contributed by atoms with Crippen LogP contribution >= 0.6 is 11.3 Å². The maximum absolute atomic E-state index is 6.31. The smallest absolute Gasteiger partial charge is 0.399 e. The van der Waals surface area contributed by atoms with Crippen molar-refractivity contribution in [3.63, 3.8) is 0 Å². The van der Waals surface area contributed by atoms with Gasteiger partial charge >= 0.3 is 7.12 Å². The Bertz CT molecular complexity index is 1760. The van der Waals surface area contributed by atoms with Crippen molar-refractivity contribution in [2.75, 3.05) is 0 Å². The Morgan fingerprint density at radius 1 is 0.529 bits per heavy atom. The Balaban J connectivity index is 1.48. The van der Waals surface area contributed by atoms with Gasteiger partial charge in [-0.1, -0.05) is 60.7 Å². The molecule has 0 amide bonds. The lowest BCUT2D eigenvalue weighted by molar-refractivity contribution is 0.00578. The lowest BCUT2D eigenvalue weighted by Gasteiger charge is -2.32. The predicted molar refractivity (Wildman–Crippen MR) is 148 cm³/mol. The summed E-state index contributed by atoms with van der Waals surface area (Å²) in [7, 11) is -0.341. The van der Waals surface area contributed by atoms with Crippen LogP contribution in [-0.2, 0) is 9.31 Å². The van der Waals surface area contributed by atoms with Gasteiger partial charge < -0.3 is 9.31 Å². The van der Waals surface area contributed by atoms with E-state index in [2.05, 4.69) is 107 Å². The van der Waals surface area contributed by atoms with Crippen LogP contribution in [-0.4, -0.2) is 18.3 Å². The first kappa shape index (κ1) is 20.5. The van der Waals surface area contributed by atoms with Crippen LogP contribution in [0.15, 0.2) is 78.9 Å². The molecule has 1 fully saturated rings. The lowest BCUT2D eigenvalue weighted by Crippen LogP contribution is -2.41. The van der Waals surface area contributed by atoms with Crippen LogP contribution in [0.25, 0.3) is 52.5 Å². The number of hydrogen-bond donors (Lipinski definition) is 0. The van der Waals surface area contributed by atoms with Crippen molar-refractivity contribution in [1.29, 1.82) is 0 Å². The molecule has 7 rings (SSSR count). The standard InChI is InChI=1S/C30H25BO2S/c1-29(2)30(3,4)33-31(32-29)18-13-14-23-26-16-24-21-11-7-5-9-19(21)20-10-6-8-12-22(20)25(24)17-28(26)34-27(23)15-18/h5-17H,1-4H3. The van der Waals surface area contributed by atoms with Crippen LogP contribution in [0.4, 0.5) is 0 Å². The zero-order chi connectivity index (χ0) is 23.2. The summed E-state index contributed by atoms with van der Waals surface area (Å²) in [5.41, 5.74) is 0.400. The molecular weight excluding hydrogens is 435 g/mol. The summed E-state index contributed by atoms with van der Waals surface area (Å²) < 4.78 is 15.2. The Hall–Kier alpha value is -2.92. The fourth-order valence-corrected chi connectivity index (χ4v) is 6.49. The van der Waals surface area contributed by atoms with Crippen LogP contribution in [0.2, 0.25) is 0 Å². The number of thiophene rings is 1. The van der Waals surface area contributed by atoms with E-state index in [0.29, 0.717) is 0 Å². The minimum atomic E-state index is -0.341. The molecule has 0 spiro atoms. The van der Waals surface area contributed by atoms with Gasteiger partial charge in [0.2, 0.25) is 0 Å². The molecule has 34 heavy (non-hydrogen) atoms. The summed E-state index contributed by atoms with van der Waals surface area (Å²) >= 11 is 1.85. The van der Waals surface area contributed by atoms with Gasteiger partial charge in [-0.25, -0.2) is 0 Å². The van der Waals surface area contributed by atoms with Crippen LogP contribution in [0.1, 0.15) is 27.7 Å². The van der Waals surface area contributed by atoms with E-state index in [9.17, 15) is 0 Å². The molecular formula is C30H25BO2S. The van der Waals surface area contributed by atoms with Gasteiger partial charge in [0, 0.05) is 20.2 Å². The molecule has 2 heterocycles. The second kappa shape index (κ2) is 6.82. The van der Waals surface area contributed by atoms with Crippen LogP contribution < -0.4 is 5.46 Å². The zero-order valence-corrected chi connectivity index (χ0v) is 20.6. The van der Waals surface area contributed by atoms with Gasteiger partial charge in [-0.3, -0.25) is 0 Å². The second-order valence-electron chi connectivity index (χ2n) is 10.4. The molecule has 0 radical (unpaired) electrons. The lowest BCUT2D eigenvalue weighted by atomic mass is 9.79. The van der Waals surface area contributed by atoms with E-state index in [1.807, 2.05) is 11.3 Å². The van der Waals surface area contributed by atoms with E-state index in [1.165, 1.54) is 52.5 Å². The zero-order valence-electron chi connectivity index (χ0n) is 19.8. The monoisotopic (exact) mass is 460 g/mol. The molecule has 1 aliphatic rings. The molecule has 0 atom stereocenters. The molecule has 4 heteroatoms. The van der Waals surface area contributed by atoms with Gasteiger partial charge in [0.15, 0.2) is 0 Å². The van der Waals surface area contributed by atoms with Crippen molar-refractivity contribution in [3.8, 4) is 0 Å². The number of benzene rings is 5. The molecule has 0 aliphatic carbocycles. The second-order valence-corrected chi connectivity index (χ2v) is 11.5. The Labute approximate surface area is 203 Å². The molecule has 0 N–H and O–H groups in total. The fourth-order valence-electron chi connectivity index (χ4n) is 5.32. The maximum Gasteiger partial charge on any atom is 0.494 e. The summed E-state index contributed by atoms with van der Waals surface area (Å²) in [6.07, 6.45) is 0. The van der Waals surface area contributed by atoms with Crippen molar-refractivity contribution in [2.45, 2.75) is 38.9 Å². The number of fused-ring (bicyclic) bond motifs is 9. The molecule has 0 saturated carbocycles. The van der Waals surface area contributed by atoms with Crippen molar-refractivity contribution < 1.29 is 9.31 Å². The summed E-state index contributed by atoms with van der Waals surface area (Å²) in [5.74, 6) is 0. The van der Waals surface area contributed by atoms with E-state index in [4.69, 9.17) is 9.31 Å². The van der Waals surface area contributed by atoms with Crippen molar-refractivity contribution >= 4 is 76.4 Å². The highest BCUT2D eigenvalue weighted by atomic mass is 32.1. The van der Waals surface area contributed by atoms with Gasteiger partial charge in [0.05, 0.1) is 11.2 Å².